The Balaban J connectivity index is 0.00000117. The van der Waals surface area contributed by atoms with Crippen LogP contribution >= 0.6 is 0 Å². The fraction of sp³-hybridized carbons (Fsp3) is 0.489. The van der Waals surface area contributed by atoms with E-state index < -0.39 is 12.0 Å². The fourth-order valence-electron chi connectivity index (χ4n) is 6.16. The van der Waals surface area contributed by atoms with E-state index in [1.165, 1.54) is 72.0 Å². The summed E-state index contributed by atoms with van der Waals surface area (Å²) < 4.78 is 0. The van der Waals surface area contributed by atoms with E-state index in [4.69, 9.17) is 10.8 Å². The number of aliphatic carboxylic acids is 1. The van der Waals surface area contributed by atoms with Crippen molar-refractivity contribution >= 4 is 20.9 Å². The quantitative estimate of drug-likeness (QED) is 0.138. The zero-order chi connectivity index (χ0) is 37.0. The molecule has 0 saturated heterocycles. The Morgan fingerprint density at radius 2 is 1.08 bits per heavy atom. The molecule has 0 aliphatic heterocycles. The Kier molecular flexibility index (Phi) is 20.5. The average Bonchev–Trinajstić information content (AvgIpc) is 3.01. The first-order valence-electron chi connectivity index (χ1n) is 18.0. The molecule has 0 aromatic rings. The molecule has 3 nitrogen and oxygen atoms in total. The van der Waals surface area contributed by atoms with Gasteiger partial charge in [0.1, 0.15) is 0 Å². The van der Waals surface area contributed by atoms with Crippen molar-refractivity contribution in [2.24, 2.45) is 16.6 Å². The van der Waals surface area contributed by atoms with Crippen LogP contribution in [0.1, 0.15) is 114 Å². The molecule has 0 fully saturated rings. The van der Waals surface area contributed by atoms with Crippen LogP contribution < -0.4 is 5.73 Å². The molecular weight excluding hydrogens is 665 g/mol. The summed E-state index contributed by atoms with van der Waals surface area (Å²) in [7, 11) is 0. The normalized spacial score (nSPS) is 20.3. The number of rotatable bonds is 14. The summed E-state index contributed by atoms with van der Waals surface area (Å²) in [5.41, 5.74) is 16.9. The van der Waals surface area contributed by atoms with E-state index in [0.29, 0.717) is 32.2 Å². The summed E-state index contributed by atoms with van der Waals surface area (Å²) in [6.45, 7) is 22.7. The van der Waals surface area contributed by atoms with Crippen LogP contribution in [0.3, 0.4) is 0 Å². The first-order valence-corrected chi connectivity index (χ1v) is 20.9. The second kappa shape index (κ2) is 22.7. The van der Waals surface area contributed by atoms with Gasteiger partial charge in [0, 0.05) is 0 Å². The van der Waals surface area contributed by atoms with Gasteiger partial charge < -0.3 is 0 Å². The van der Waals surface area contributed by atoms with Crippen LogP contribution in [0.4, 0.5) is 0 Å². The van der Waals surface area contributed by atoms with Crippen LogP contribution in [0, 0.1) is 10.8 Å². The van der Waals surface area contributed by atoms with Crippen LogP contribution in [0.15, 0.2) is 130 Å². The Hall–Kier alpha value is -2.91. The molecule has 0 spiro atoms. The van der Waals surface area contributed by atoms with Crippen molar-refractivity contribution in [2.45, 2.75) is 131 Å². The summed E-state index contributed by atoms with van der Waals surface area (Å²) in [5, 5.41) is 9.25. The van der Waals surface area contributed by atoms with Gasteiger partial charge in [0.05, 0.1) is 0 Å². The molecule has 2 rings (SSSR count). The van der Waals surface area contributed by atoms with Gasteiger partial charge >= 0.3 is 60.2 Å². The predicted molar refractivity (Wildman–Crippen MR) is 218 cm³/mol. The number of carboxylic acid groups (broad SMARTS) is 1. The zero-order valence-corrected chi connectivity index (χ0v) is 34.4. The van der Waals surface area contributed by atoms with Gasteiger partial charge in [-0.1, -0.05) is 146 Å². The number of hydrogen-bond donors (Lipinski definition) is 2. The van der Waals surface area contributed by atoms with Crippen LogP contribution in [0.25, 0.3) is 0 Å². The molecule has 1 atom stereocenters. The summed E-state index contributed by atoms with van der Waals surface area (Å²) in [5.74, 6) is 1.18. The van der Waals surface area contributed by atoms with E-state index in [0.717, 1.165) is 5.32 Å². The third-order valence-corrected chi connectivity index (χ3v) is 10.7. The molecule has 0 unspecified atom stereocenters. The van der Waals surface area contributed by atoms with E-state index in [-0.39, 0.29) is 0 Å². The minimum atomic E-state index is -0.890. The maximum atomic E-state index is 10.1. The molecule has 4 heteroatoms. The van der Waals surface area contributed by atoms with Crippen molar-refractivity contribution in [1.29, 1.82) is 0 Å². The van der Waals surface area contributed by atoms with E-state index in [1.54, 1.807) is 11.1 Å². The fourth-order valence-corrected chi connectivity index (χ4v) is 7.19. The number of nitrogens with two attached hydrogens (primary N) is 1. The molecule has 2 aliphatic carbocycles. The summed E-state index contributed by atoms with van der Waals surface area (Å²) in [4.78, 5) is 10.1. The van der Waals surface area contributed by atoms with E-state index in [9.17, 15) is 4.79 Å². The molecule has 3 N–H and O–H groups in total. The number of allylic oxidation sites excluding steroid dienone is 22. The van der Waals surface area contributed by atoms with Gasteiger partial charge in [0.15, 0.2) is 0 Å². The van der Waals surface area contributed by atoms with E-state index in [1.807, 2.05) is 0 Å². The van der Waals surface area contributed by atoms with Gasteiger partial charge in [0.25, 0.3) is 0 Å². The second-order valence-corrected chi connectivity index (χ2v) is 17.1. The number of hydrogen-bond acceptors (Lipinski definition) is 2. The number of carboxylic acids is 1. The predicted octanol–water partition coefficient (Wildman–Crippen LogP) is 12.6. The minimum absolute atomic E-state index is 0.291. The summed E-state index contributed by atoms with van der Waals surface area (Å²) in [6, 6.07) is -0.646. The summed E-state index contributed by atoms with van der Waals surface area (Å²) in [6.07, 6.45) is 39.0. The van der Waals surface area contributed by atoms with Gasteiger partial charge in [-0.05, 0) is 102 Å². The molecule has 0 saturated carbocycles. The summed E-state index contributed by atoms with van der Waals surface area (Å²) >= 11 is 0.549. The van der Waals surface area contributed by atoms with Crippen molar-refractivity contribution in [2.75, 3.05) is 0 Å². The molecule has 0 bridgehead atoms. The molecule has 0 amide bonds. The van der Waals surface area contributed by atoms with Crippen molar-refractivity contribution in [3.05, 3.63) is 130 Å². The van der Waals surface area contributed by atoms with Crippen molar-refractivity contribution in [1.82, 2.24) is 0 Å². The maximum absolute atomic E-state index is 10.1. The van der Waals surface area contributed by atoms with Gasteiger partial charge in [-0.15, -0.1) is 0 Å². The zero-order valence-electron chi connectivity index (χ0n) is 32.7. The van der Waals surface area contributed by atoms with Crippen LogP contribution in [0.5, 0.6) is 0 Å². The Morgan fingerprint density at radius 3 is 1.43 bits per heavy atom. The molecular formula is C45H67NO2Se. The van der Waals surface area contributed by atoms with Gasteiger partial charge in [-0.3, -0.25) is 0 Å². The van der Waals surface area contributed by atoms with Gasteiger partial charge in [-0.25, -0.2) is 0 Å². The Morgan fingerprint density at radius 1 is 0.714 bits per heavy atom. The average molecular weight is 733 g/mol. The molecule has 0 aromatic carbocycles. The third kappa shape index (κ3) is 18.1. The SMILES string of the molecule is CC1=C(/C=C/C(C)=C/C=C/C(C)=C/C=C/C=C(C)/C=C/C=C(C)/C=C/C2=C(C)CCCC2(C)C)C(C)(C)CCC1.C[Se]CC[C@H](N)C(=O)O. The molecule has 2 aliphatic rings. The molecule has 270 valence electrons. The standard InChI is InChI=1S/C40H56.C5H11NO2Se/c1-31(19-13-21-33(3)25-27-37-35(5)23-15-29-39(37,7)8)17-11-12-18-32(2)20-14-22-34(4)26-28-38-36(6)24-16-30-40(38,9)10;1-9-3-2-4(6)5(7)8/h11-14,17-22,25-28H,15-16,23-24,29-30H2,1-10H3;4H,2-3,6H2,1H3,(H,7,8)/b12-11+,19-13+,20-14+,27-25+,28-26+,31-17+,32-18+,33-21+,34-22+;/t;4-/m.0/s1. The molecule has 0 radical (unpaired) electrons. The van der Waals surface area contributed by atoms with Crippen LogP contribution in [-0.2, 0) is 4.79 Å². The van der Waals surface area contributed by atoms with Gasteiger partial charge in [-0.2, -0.15) is 0 Å². The second-order valence-electron chi connectivity index (χ2n) is 15.0. The van der Waals surface area contributed by atoms with E-state index in [2.05, 4.69) is 160 Å². The van der Waals surface area contributed by atoms with Crippen LogP contribution in [0.2, 0.25) is 11.1 Å². The molecule has 0 aromatic heterocycles. The molecule has 49 heavy (non-hydrogen) atoms. The topological polar surface area (TPSA) is 63.3 Å². The van der Waals surface area contributed by atoms with Crippen molar-refractivity contribution < 1.29 is 9.90 Å². The third-order valence-electron chi connectivity index (χ3n) is 9.33. The van der Waals surface area contributed by atoms with Gasteiger partial charge in [0.2, 0.25) is 0 Å². The Bertz CT molecular complexity index is 1330. The van der Waals surface area contributed by atoms with Crippen molar-refractivity contribution in [3.8, 4) is 0 Å². The van der Waals surface area contributed by atoms with E-state index >= 15 is 0 Å². The first-order chi connectivity index (χ1) is 23.0. The first kappa shape index (κ1) is 44.1. The number of carbonyl (C=O) groups is 1. The molecule has 0 heterocycles. The van der Waals surface area contributed by atoms with Crippen molar-refractivity contribution in [3.63, 3.8) is 0 Å². The Labute approximate surface area is 307 Å². The van der Waals surface area contributed by atoms with Crippen LogP contribution in [-0.4, -0.2) is 32.1 Å². The monoisotopic (exact) mass is 733 g/mol.